The lowest BCUT2D eigenvalue weighted by atomic mass is 10.1. The summed E-state index contributed by atoms with van der Waals surface area (Å²) in [5, 5.41) is 3.23. The Morgan fingerprint density at radius 3 is 2.62 bits per heavy atom. The van der Waals surface area contributed by atoms with Gasteiger partial charge in [-0.1, -0.05) is 18.2 Å². The number of hydrogen-bond acceptors (Lipinski definition) is 5. The quantitative estimate of drug-likeness (QED) is 0.784. The Hall–Kier alpha value is -2.87. The summed E-state index contributed by atoms with van der Waals surface area (Å²) in [5.74, 6) is -0.501. The van der Waals surface area contributed by atoms with E-state index in [1.807, 2.05) is 0 Å². The number of fused-ring (bicyclic) bond motifs is 1. The van der Waals surface area contributed by atoms with Crippen molar-refractivity contribution in [2.45, 2.75) is 0 Å². The van der Waals surface area contributed by atoms with Crippen LogP contribution in [0.4, 0.5) is 11.6 Å². The van der Waals surface area contributed by atoms with Crippen LogP contribution >= 0.6 is 0 Å². The predicted octanol–water partition coefficient (Wildman–Crippen LogP) is 2.48. The normalized spacial score (nSPS) is 11.4. The molecule has 0 aliphatic rings. The maximum Gasteiger partial charge on any atom is 0.261 e. The van der Waals surface area contributed by atoms with Crippen LogP contribution in [0, 0.1) is 0 Å². The number of carbonyl (C=O) groups is 1. The third-order valence-electron chi connectivity index (χ3n) is 3.51. The van der Waals surface area contributed by atoms with Crippen molar-refractivity contribution < 1.29 is 17.6 Å². The first-order valence-electron chi connectivity index (χ1n) is 7.05. The minimum absolute atomic E-state index is 0.0277. The first-order valence-corrected chi connectivity index (χ1v) is 8.89. The summed E-state index contributed by atoms with van der Waals surface area (Å²) < 4.78 is 30.3. The highest BCUT2D eigenvalue weighted by molar-refractivity contribution is 7.92. The van der Waals surface area contributed by atoms with Crippen molar-refractivity contribution in [3.8, 4) is 0 Å². The molecule has 24 heavy (non-hydrogen) atoms. The zero-order valence-electron chi connectivity index (χ0n) is 13.1. The minimum Gasteiger partial charge on any atom is -0.439 e. The Balaban J connectivity index is 2.13. The first kappa shape index (κ1) is 16.0. The number of benzene rings is 1. The number of nitrogens with zero attached hydrogens (tertiary/aromatic N) is 2. The molecule has 0 saturated carbocycles. The number of carbonyl (C=O) groups excluding carboxylic acids is 1. The summed E-state index contributed by atoms with van der Waals surface area (Å²) in [6.45, 7) is 0. The third kappa shape index (κ3) is 2.95. The molecule has 0 radical (unpaired) electrons. The molecule has 0 aliphatic carbocycles. The van der Waals surface area contributed by atoms with E-state index >= 15 is 0 Å². The van der Waals surface area contributed by atoms with E-state index in [1.54, 1.807) is 42.6 Å². The lowest BCUT2D eigenvalue weighted by Gasteiger charge is -2.15. The van der Waals surface area contributed by atoms with Gasteiger partial charge in [-0.05, 0) is 18.2 Å². The van der Waals surface area contributed by atoms with Crippen LogP contribution in [0.5, 0.6) is 0 Å². The van der Waals surface area contributed by atoms with Crippen LogP contribution < -0.4 is 9.62 Å². The number of rotatable bonds is 4. The van der Waals surface area contributed by atoms with E-state index in [9.17, 15) is 13.2 Å². The Labute approximate surface area is 139 Å². The van der Waals surface area contributed by atoms with Gasteiger partial charge < -0.3 is 9.73 Å². The Morgan fingerprint density at radius 2 is 1.96 bits per heavy atom. The maximum atomic E-state index is 12.7. The van der Waals surface area contributed by atoms with Crippen molar-refractivity contribution in [2.75, 3.05) is 22.9 Å². The summed E-state index contributed by atoms with van der Waals surface area (Å²) in [6.07, 6.45) is 4.13. The average Bonchev–Trinajstić information content (AvgIpc) is 2.93. The molecule has 0 atom stereocenters. The zero-order valence-corrected chi connectivity index (χ0v) is 13.9. The number of pyridine rings is 1. The third-order valence-corrected chi connectivity index (χ3v) is 4.67. The molecule has 3 rings (SSSR count). The van der Waals surface area contributed by atoms with E-state index in [0.717, 1.165) is 10.6 Å². The molecule has 0 bridgehead atoms. The highest BCUT2D eigenvalue weighted by atomic mass is 32.2. The van der Waals surface area contributed by atoms with Gasteiger partial charge in [0.25, 0.3) is 5.91 Å². The molecule has 1 N–H and O–H groups in total. The van der Waals surface area contributed by atoms with Gasteiger partial charge in [0, 0.05) is 18.6 Å². The van der Waals surface area contributed by atoms with Gasteiger partial charge in [-0.25, -0.2) is 12.7 Å². The Bertz CT molecular complexity index is 997. The average molecular weight is 345 g/mol. The summed E-state index contributed by atoms with van der Waals surface area (Å²) in [7, 11) is -2.24. The molecule has 8 heteroatoms. The van der Waals surface area contributed by atoms with Crippen LogP contribution in [0.1, 0.15) is 10.4 Å². The van der Waals surface area contributed by atoms with Crippen molar-refractivity contribution in [3.63, 3.8) is 0 Å². The Morgan fingerprint density at radius 1 is 1.21 bits per heavy atom. The minimum atomic E-state index is -3.59. The molecule has 1 amide bonds. The number of amides is 1. The molecule has 0 aliphatic heterocycles. The standard InChI is InChI=1S/C16H15N3O4S/c1-19(24(2,21)22)16-14(12-7-3-4-8-13(12)23-16)15(20)18-11-6-5-9-17-10-11/h3-10H,1-2H3,(H,18,20). The van der Waals surface area contributed by atoms with Gasteiger partial charge in [0.1, 0.15) is 11.1 Å². The number of anilines is 2. The molecule has 0 spiro atoms. The monoisotopic (exact) mass is 345 g/mol. The fraction of sp³-hybridized carbons (Fsp3) is 0.125. The van der Waals surface area contributed by atoms with Crippen LogP contribution in [0.2, 0.25) is 0 Å². The van der Waals surface area contributed by atoms with E-state index in [4.69, 9.17) is 4.42 Å². The second kappa shape index (κ2) is 5.97. The molecule has 124 valence electrons. The van der Waals surface area contributed by atoms with E-state index in [2.05, 4.69) is 10.3 Å². The van der Waals surface area contributed by atoms with Crippen molar-refractivity contribution in [1.29, 1.82) is 0 Å². The molecular formula is C16H15N3O4S. The van der Waals surface area contributed by atoms with E-state index < -0.39 is 15.9 Å². The van der Waals surface area contributed by atoms with Crippen molar-refractivity contribution in [1.82, 2.24) is 4.98 Å². The fourth-order valence-corrected chi connectivity index (χ4v) is 2.68. The molecule has 2 aromatic heterocycles. The Kier molecular flexibility index (Phi) is 3.98. The first-order chi connectivity index (χ1) is 11.4. The van der Waals surface area contributed by atoms with Gasteiger partial charge in [0.2, 0.25) is 15.9 Å². The van der Waals surface area contributed by atoms with E-state index in [0.29, 0.717) is 16.7 Å². The molecule has 7 nitrogen and oxygen atoms in total. The molecule has 3 aromatic rings. The summed E-state index contributed by atoms with van der Waals surface area (Å²) in [6, 6.07) is 10.3. The van der Waals surface area contributed by atoms with Crippen LogP contribution in [0.15, 0.2) is 53.2 Å². The number of hydrogen-bond donors (Lipinski definition) is 1. The summed E-state index contributed by atoms with van der Waals surface area (Å²) >= 11 is 0. The van der Waals surface area contributed by atoms with Gasteiger partial charge in [0.05, 0.1) is 18.1 Å². The van der Waals surface area contributed by atoms with Crippen LogP contribution in [0.25, 0.3) is 11.0 Å². The second-order valence-corrected chi connectivity index (χ2v) is 7.22. The smallest absolute Gasteiger partial charge is 0.261 e. The molecule has 2 heterocycles. The van der Waals surface area contributed by atoms with Gasteiger partial charge in [0.15, 0.2) is 0 Å². The van der Waals surface area contributed by atoms with Crippen LogP contribution in [-0.2, 0) is 10.0 Å². The topological polar surface area (TPSA) is 92.5 Å². The fourth-order valence-electron chi connectivity index (χ4n) is 2.25. The molecule has 0 fully saturated rings. The summed E-state index contributed by atoms with van der Waals surface area (Å²) in [4.78, 5) is 16.7. The lowest BCUT2D eigenvalue weighted by Crippen LogP contribution is -2.27. The van der Waals surface area contributed by atoms with Gasteiger partial charge in [-0.3, -0.25) is 9.78 Å². The van der Waals surface area contributed by atoms with Crippen molar-refractivity contribution >= 4 is 38.5 Å². The van der Waals surface area contributed by atoms with E-state index in [1.165, 1.54) is 13.2 Å². The largest absolute Gasteiger partial charge is 0.439 e. The highest BCUT2D eigenvalue weighted by Crippen LogP contribution is 2.33. The van der Waals surface area contributed by atoms with Crippen molar-refractivity contribution in [2.24, 2.45) is 0 Å². The number of furan rings is 1. The number of nitrogens with one attached hydrogen (secondary N) is 1. The van der Waals surface area contributed by atoms with E-state index in [-0.39, 0.29) is 11.4 Å². The molecule has 1 aromatic carbocycles. The van der Waals surface area contributed by atoms with Gasteiger partial charge >= 0.3 is 0 Å². The zero-order chi connectivity index (χ0) is 17.3. The van der Waals surface area contributed by atoms with Gasteiger partial charge in [-0.15, -0.1) is 0 Å². The van der Waals surface area contributed by atoms with Crippen molar-refractivity contribution in [3.05, 3.63) is 54.4 Å². The van der Waals surface area contributed by atoms with Gasteiger partial charge in [-0.2, -0.15) is 0 Å². The molecular weight excluding hydrogens is 330 g/mol. The summed E-state index contributed by atoms with van der Waals surface area (Å²) in [5.41, 5.74) is 1.09. The second-order valence-electron chi connectivity index (χ2n) is 5.20. The SMILES string of the molecule is CN(c1oc2ccccc2c1C(=O)Nc1cccnc1)S(C)(=O)=O. The number of para-hydroxylation sites is 1. The lowest BCUT2D eigenvalue weighted by molar-refractivity contribution is 0.102. The predicted molar refractivity (Wildman–Crippen MR) is 91.7 cm³/mol. The van der Waals surface area contributed by atoms with Crippen LogP contribution in [-0.4, -0.2) is 32.6 Å². The number of aromatic nitrogens is 1. The number of sulfonamides is 1. The van der Waals surface area contributed by atoms with Crippen LogP contribution in [0.3, 0.4) is 0 Å². The highest BCUT2D eigenvalue weighted by Gasteiger charge is 2.27. The molecule has 0 saturated heterocycles. The maximum absolute atomic E-state index is 12.7. The molecule has 0 unspecified atom stereocenters.